The molecule has 1 amide bonds. The number of aromatic carboxylic acids is 1. The summed E-state index contributed by atoms with van der Waals surface area (Å²) in [5.41, 5.74) is -0.322. The Labute approximate surface area is 120 Å². The van der Waals surface area contributed by atoms with Crippen LogP contribution in [-0.2, 0) is 14.6 Å². The van der Waals surface area contributed by atoms with E-state index < -0.39 is 38.2 Å². The summed E-state index contributed by atoms with van der Waals surface area (Å²) in [6.07, 6.45) is 1.48. The highest BCUT2D eigenvalue weighted by atomic mass is 32.2. The van der Waals surface area contributed by atoms with Crippen LogP contribution in [-0.4, -0.2) is 37.2 Å². The van der Waals surface area contributed by atoms with Gasteiger partial charge in [-0.2, -0.15) is 0 Å². The number of nitrogens with one attached hydrogen (secondary N) is 1. The number of halogens is 1. The second-order valence-corrected chi connectivity index (χ2v) is 6.94. The molecule has 0 saturated heterocycles. The van der Waals surface area contributed by atoms with Gasteiger partial charge in [-0.25, -0.2) is 17.6 Å². The van der Waals surface area contributed by atoms with Gasteiger partial charge in [0.25, 0.3) is 0 Å². The molecule has 0 radical (unpaired) electrons. The molecule has 2 rings (SSSR count). The van der Waals surface area contributed by atoms with Crippen molar-refractivity contribution in [3.63, 3.8) is 0 Å². The third-order valence-corrected chi connectivity index (χ3v) is 4.78. The molecule has 6 nitrogen and oxygen atoms in total. The molecule has 0 bridgehead atoms. The summed E-state index contributed by atoms with van der Waals surface area (Å²) in [5.74, 6) is -3.35. The van der Waals surface area contributed by atoms with Gasteiger partial charge in [-0.3, -0.25) is 4.79 Å². The maximum Gasteiger partial charge on any atom is 0.335 e. The molecule has 21 heavy (non-hydrogen) atoms. The van der Waals surface area contributed by atoms with Gasteiger partial charge in [-0.1, -0.05) is 0 Å². The van der Waals surface area contributed by atoms with Crippen LogP contribution in [0.25, 0.3) is 0 Å². The third-order valence-electron chi connectivity index (χ3n) is 3.05. The van der Waals surface area contributed by atoms with Crippen LogP contribution in [0.4, 0.5) is 4.39 Å². The number of rotatable bonds is 6. The molecular formula is C13H14FNO5S. The number of sulfone groups is 1. The first-order valence-electron chi connectivity index (χ1n) is 6.34. The van der Waals surface area contributed by atoms with Crippen molar-refractivity contribution in [1.82, 2.24) is 5.32 Å². The fraction of sp³-hybridized carbons (Fsp3) is 0.385. The lowest BCUT2D eigenvalue weighted by molar-refractivity contribution is -0.120. The van der Waals surface area contributed by atoms with Crippen molar-refractivity contribution in [1.29, 1.82) is 0 Å². The molecule has 0 aliphatic heterocycles. The standard InChI is InChI=1S/C13H14FNO5S/c14-10-4-1-8(13(17)18)7-11(10)21(19,20)6-5-12(16)15-9-2-3-9/h1,4,7,9H,2-3,5-6H2,(H,15,16)(H,17,18). The minimum absolute atomic E-state index is 0.118. The Hall–Kier alpha value is -1.96. The van der Waals surface area contributed by atoms with Crippen molar-refractivity contribution >= 4 is 21.7 Å². The molecule has 1 aromatic rings. The lowest BCUT2D eigenvalue weighted by atomic mass is 10.2. The SMILES string of the molecule is O=C(CCS(=O)(=O)c1cc(C(=O)O)ccc1F)NC1CC1. The van der Waals surface area contributed by atoms with Crippen LogP contribution in [0.2, 0.25) is 0 Å². The first-order chi connectivity index (χ1) is 9.79. The Morgan fingerprint density at radius 1 is 1.33 bits per heavy atom. The van der Waals surface area contributed by atoms with Crippen molar-refractivity contribution in [3.05, 3.63) is 29.6 Å². The summed E-state index contributed by atoms with van der Waals surface area (Å²) >= 11 is 0. The average Bonchev–Trinajstić information content (AvgIpc) is 3.20. The molecule has 1 aliphatic rings. The number of carboxylic acid groups (broad SMARTS) is 1. The molecule has 0 spiro atoms. The van der Waals surface area contributed by atoms with E-state index in [9.17, 15) is 22.4 Å². The van der Waals surface area contributed by atoms with Crippen LogP contribution < -0.4 is 5.32 Å². The zero-order valence-corrected chi connectivity index (χ0v) is 11.8. The Morgan fingerprint density at radius 3 is 2.57 bits per heavy atom. The van der Waals surface area contributed by atoms with E-state index in [-0.39, 0.29) is 18.0 Å². The van der Waals surface area contributed by atoms with E-state index in [1.54, 1.807) is 0 Å². The molecule has 0 atom stereocenters. The maximum atomic E-state index is 13.6. The van der Waals surface area contributed by atoms with Gasteiger partial charge in [0.1, 0.15) is 10.7 Å². The van der Waals surface area contributed by atoms with Crippen LogP contribution in [0, 0.1) is 5.82 Å². The highest BCUT2D eigenvalue weighted by Crippen LogP contribution is 2.20. The van der Waals surface area contributed by atoms with E-state index >= 15 is 0 Å². The van der Waals surface area contributed by atoms with Crippen LogP contribution in [0.15, 0.2) is 23.1 Å². The van der Waals surface area contributed by atoms with E-state index in [2.05, 4.69) is 5.32 Å². The zero-order chi connectivity index (χ0) is 15.6. The van der Waals surface area contributed by atoms with Gasteiger partial charge in [0.15, 0.2) is 9.84 Å². The number of hydrogen-bond acceptors (Lipinski definition) is 4. The monoisotopic (exact) mass is 315 g/mol. The van der Waals surface area contributed by atoms with Gasteiger partial charge in [0, 0.05) is 12.5 Å². The molecule has 2 N–H and O–H groups in total. The van der Waals surface area contributed by atoms with Gasteiger partial charge in [0.05, 0.1) is 11.3 Å². The molecule has 1 saturated carbocycles. The predicted molar refractivity (Wildman–Crippen MR) is 71.2 cm³/mol. The fourth-order valence-electron chi connectivity index (χ4n) is 1.74. The number of amides is 1. The summed E-state index contributed by atoms with van der Waals surface area (Å²) in [7, 11) is -4.06. The van der Waals surface area contributed by atoms with Crippen molar-refractivity contribution in [2.45, 2.75) is 30.2 Å². The Morgan fingerprint density at radius 2 is 2.00 bits per heavy atom. The van der Waals surface area contributed by atoms with E-state index in [1.165, 1.54) is 0 Å². The molecule has 0 heterocycles. The van der Waals surface area contributed by atoms with Crippen LogP contribution in [0.1, 0.15) is 29.6 Å². The molecular weight excluding hydrogens is 301 g/mol. The largest absolute Gasteiger partial charge is 0.478 e. The van der Waals surface area contributed by atoms with Gasteiger partial charge in [-0.05, 0) is 31.0 Å². The Kier molecular flexibility index (Phi) is 4.26. The van der Waals surface area contributed by atoms with Gasteiger partial charge < -0.3 is 10.4 Å². The molecule has 1 aromatic carbocycles. The number of benzene rings is 1. The topological polar surface area (TPSA) is 101 Å². The maximum absolute atomic E-state index is 13.6. The number of hydrogen-bond donors (Lipinski definition) is 2. The summed E-state index contributed by atoms with van der Waals surface area (Å²) in [6.45, 7) is 0. The van der Waals surface area contributed by atoms with Crippen molar-refractivity contribution in [2.24, 2.45) is 0 Å². The minimum atomic E-state index is -4.06. The van der Waals surface area contributed by atoms with Gasteiger partial charge in [-0.15, -0.1) is 0 Å². The Bertz CT molecular complexity index is 682. The summed E-state index contributed by atoms with van der Waals surface area (Å²) in [5, 5.41) is 11.4. The van der Waals surface area contributed by atoms with E-state index in [4.69, 9.17) is 5.11 Å². The second-order valence-electron chi connectivity index (χ2n) is 4.86. The quantitative estimate of drug-likeness (QED) is 0.814. The van der Waals surface area contributed by atoms with Crippen LogP contribution in [0.3, 0.4) is 0 Å². The highest BCUT2D eigenvalue weighted by Gasteiger charge is 2.26. The van der Waals surface area contributed by atoms with E-state index in [0.29, 0.717) is 0 Å². The number of carboxylic acids is 1. The van der Waals surface area contributed by atoms with E-state index in [0.717, 1.165) is 31.0 Å². The zero-order valence-electron chi connectivity index (χ0n) is 11.0. The lowest BCUT2D eigenvalue weighted by Crippen LogP contribution is -2.27. The van der Waals surface area contributed by atoms with E-state index in [1.807, 2.05) is 0 Å². The minimum Gasteiger partial charge on any atom is -0.478 e. The summed E-state index contributed by atoms with van der Waals surface area (Å²) in [4.78, 5) is 21.6. The second kappa shape index (κ2) is 5.80. The number of carbonyl (C=O) groups excluding carboxylic acids is 1. The smallest absolute Gasteiger partial charge is 0.335 e. The molecule has 1 fully saturated rings. The van der Waals surface area contributed by atoms with Crippen molar-refractivity contribution < 1.29 is 27.5 Å². The number of carbonyl (C=O) groups is 2. The lowest BCUT2D eigenvalue weighted by Gasteiger charge is -2.07. The van der Waals surface area contributed by atoms with Gasteiger partial charge >= 0.3 is 5.97 Å². The highest BCUT2D eigenvalue weighted by molar-refractivity contribution is 7.91. The van der Waals surface area contributed by atoms with Crippen molar-refractivity contribution in [3.8, 4) is 0 Å². The first kappa shape index (κ1) is 15.4. The summed E-state index contributed by atoms with van der Waals surface area (Å²) < 4.78 is 37.6. The average molecular weight is 315 g/mol. The van der Waals surface area contributed by atoms with Crippen LogP contribution in [0.5, 0.6) is 0 Å². The Balaban J connectivity index is 2.12. The third kappa shape index (κ3) is 4.01. The molecule has 114 valence electrons. The molecule has 1 aliphatic carbocycles. The fourth-order valence-corrected chi connectivity index (χ4v) is 3.08. The molecule has 0 aromatic heterocycles. The van der Waals surface area contributed by atoms with Crippen molar-refractivity contribution in [2.75, 3.05) is 5.75 Å². The molecule has 0 unspecified atom stereocenters. The van der Waals surface area contributed by atoms with Crippen LogP contribution >= 0.6 is 0 Å². The molecule has 8 heteroatoms. The first-order valence-corrected chi connectivity index (χ1v) is 8.00. The summed E-state index contributed by atoms with van der Waals surface area (Å²) in [6, 6.07) is 2.66. The normalized spacial score (nSPS) is 14.7. The van der Waals surface area contributed by atoms with Gasteiger partial charge in [0.2, 0.25) is 5.91 Å². The predicted octanol–water partition coefficient (Wildman–Crippen LogP) is 0.966.